The van der Waals surface area contributed by atoms with E-state index in [2.05, 4.69) is 24.1 Å². The second-order valence-corrected chi connectivity index (χ2v) is 2.95. The number of nitrogens with one attached hydrogen (secondary N) is 2. The Hall–Kier alpha value is -0.500. The molecule has 1 aliphatic heterocycles. The first kappa shape index (κ1) is 7.61. The largest absolute Gasteiger partial charge is 0.389 e. The average Bonchev–Trinajstić information content (AvgIpc) is 1.88. The summed E-state index contributed by atoms with van der Waals surface area (Å²) < 4.78 is 0. The maximum Gasteiger partial charge on any atom is 0.0282 e. The molecule has 2 N–H and O–H groups in total. The Labute approximate surface area is 62.7 Å². The summed E-state index contributed by atoms with van der Waals surface area (Å²) in [6.45, 7) is 7.00. The molecule has 0 saturated carbocycles. The van der Waals surface area contributed by atoms with Gasteiger partial charge in [0.25, 0.3) is 0 Å². The van der Waals surface area contributed by atoms with Crippen molar-refractivity contribution in [3.05, 3.63) is 12.8 Å². The molecule has 1 rings (SSSR count). The minimum absolute atomic E-state index is 0.647. The molecule has 1 saturated heterocycles. The van der Waals surface area contributed by atoms with E-state index in [-0.39, 0.29) is 0 Å². The van der Waals surface area contributed by atoms with Gasteiger partial charge < -0.3 is 10.6 Å². The predicted molar refractivity (Wildman–Crippen MR) is 43.8 cm³/mol. The molecule has 1 heterocycles. The zero-order valence-electron chi connectivity index (χ0n) is 6.56. The van der Waals surface area contributed by atoms with Crippen molar-refractivity contribution >= 4 is 0 Å². The number of rotatable bonds is 2. The zero-order valence-corrected chi connectivity index (χ0v) is 6.56. The molecule has 1 aliphatic rings. The Kier molecular flexibility index (Phi) is 2.75. The molecule has 0 spiro atoms. The van der Waals surface area contributed by atoms with E-state index in [1.807, 2.05) is 0 Å². The fourth-order valence-corrected chi connectivity index (χ4v) is 1.45. The van der Waals surface area contributed by atoms with Crippen LogP contribution in [0.25, 0.3) is 0 Å². The number of hydrogen-bond donors (Lipinski definition) is 2. The summed E-state index contributed by atoms with van der Waals surface area (Å²) in [5.74, 6) is 0. The van der Waals surface area contributed by atoms with Crippen molar-refractivity contribution in [2.45, 2.75) is 31.8 Å². The minimum atomic E-state index is 0.647. The Morgan fingerprint density at radius 2 is 2.50 bits per heavy atom. The molecule has 0 bridgehead atoms. The van der Waals surface area contributed by atoms with E-state index >= 15 is 0 Å². The highest BCUT2D eigenvalue weighted by atomic mass is 15.0. The molecule has 0 aromatic heterocycles. The van der Waals surface area contributed by atoms with Gasteiger partial charge in [-0.15, -0.1) is 0 Å². The Bertz CT molecular complexity index is 112. The molecule has 2 unspecified atom stereocenters. The lowest BCUT2D eigenvalue weighted by molar-refractivity contribution is 0.354. The van der Waals surface area contributed by atoms with Gasteiger partial charge in [0.15, 0.2) is 0 Å². The standard InChI is InChI=1S/C8H16N2/c1-3-9-8-4-5-10-7(2)6-8/h3,7-10H,1,4-6H2,2H3. The van der Waals surface area contributed by atoms with E-state index in [0.717, 1.165) is 6.54 Å². The van der Waals surface area contributed by atoms with Crippen LogP contribution in [0.3, 0.4) is 0 Å². The van der Waals surface area contributed by atoms with Crippen LogP contribution in [0.5, 0.6) is 0 Å². The third-order valence-corrected chi connectivity index (χ3v) is 1.98. The average molecular weight is 140 g/mol. The van der Waals surface area contributed by atoms with E-state index in [1.54, 1.807) is 6.20 Å². The Morgan fingerprint density at radius 3 is 3.10 bits per heavy atom. The van der Waals surface area contributed by atoms with Crippen LogP contribution in [-0.2, 0) is 0 Å². The maximum absolute atomic E-state index is 3.65. The maximum atomic E-state index is 3.65. The van der Waals surface area contributed by atoms with Crippen LogP contribution < -0.4 is 10.6 Å². The van der Waals surface area contributed by atoms with Crippen molar-refractivity contribution in [3.8, 4) is 0 Å². The Morgan fingerprint density at radius 1 is 1.70 bits per heavy atom. The molecular formula is C8H16N2. The summed E-state index contributed by atoms with van der Waals surface area (Å²) in [6, 6.07) is 1.31. The first-order valence-electron chi connectivity index (χ1n) is 3.93. The summed E-state index contributed by atoms with van der Waals surface area (Å²) >= 11 is 0. The van der Waals surface area contributed by atoms with Crippen LogP contribution in [0.1, 0.15) is 19.8 Å². The molecule has 58 valence electrons. The van der Waals surface area contributed by atoms with E-state index < -0.39 is 0 Å². The van der Waals surface area contributed by atoms with Gasteiger partial charge in [-0.1, -0.05) is 6.58 Å². The van der Waals surface area contributed by atoms with Crippen LogP contribution in [0.15, 0.2) is 12.8 Å². The summed E-state index contributed by atoms with van der Waals surface area (Å²) in [5, 5.41) is 6.63. The van der Waals surface area contributed by atoms with E-state index in [0.29, 0.717) is 12.1 Å². The lowest BCUT2D eigenvalue weighted by Crippen LogP contribution is -2.43. The summed E-state index contributed by atoms with van der Waals surface area (Å²) in [4.78, 5) is 0. The molecule has 10 heavy (non-hydrogen) atoms. The summed E-state index contributed by atoms with van der Waals surface area (Å²) in [5.41, 5.74) is 0. The molecule has 2 nitrogen and oxygen atoms in total. The summed E-state index contributed by atoms with van der Waals surface area (Å²) in [7, 11) is 0. The molecule has 0 amide bonds. The number of hydrogen-bond acceptors (Lipinski definition) is 2. The van der Waals surface area contributed by atoms with Gasteiger partial charge in [0.05, 0.1) is 0 Å². The predicted octanol–water partition coefficient (Wildman–Crippen LogP) is 0.860. The van der Waals surface area contributed by atoms with Crippen LogP contribution in [0.2, 0.25) is 0 Å². The lowest BCUT2D eigenvalue weighted by atomic mass is 10.0. The van der Waals surface area contributed by atoms with Crippen molar-refractivity contribution in [1.82, 2.24) is 10.6 Å². The van der Waals surface area contributed by atoms with Crippen molar-refractivity contribution < 1.29 is 0 Å². The fraction of sp³-hybridized carbons (Fsp3) is 0.750. The zero-order chi connectivity index (χ0) is 7.40. The lowest BCUT2D eigenvalue weighted by Gasteiger charge is -2.27. The van der Waals surface area contributed by atoms with Crippen LogP contribution in [0.4, 0.5) is 0 Å². The van der Waals surface area contributed by atoms with Gasteiger partial charge in [-0.25, -0.2) is 0 Å². The van der Waals surface area contributed by atoms with Gasteiger partial charge in [-0.2, -0.15) is 0 Å². The van der Waals surface area contributed by atoms with Crippen molar-refractivity contribution in [2.75, 3.05) is 6.54 Å². The highest BCUT2D eigenvalue weighted by Gasteiger charge is 2.15. The van der Waals surface area contributed by atoms with Gasteiger partial charge in [0.2, 0.25) is 0 Å². The van der Waals surface area contributed by atoms with Crippen molar-refractivity contribution in [3.63, 3.8) is 0 Å². The second-order valence-electron chi connectivity index (χ2n) is 2.95. The highest BCUT2D eigenvalue weighted by molar-refractivity contribution is 4.82. The summed E-state index contributed by atoms with van der Waals surface area (Å²) in [6.07, 6.45) is 4.23. The monoisotopic (exact) mass is 140 g/mol. The molecule has 2 heteroatoms. The Balaban J connectivity index is 2.24. The van der Waals surface area contributed by atoms with E-state index in [1.165, 1.54) is 12.8 Å². The molecule has 0 radical (unpaired) electrons. The van der Waals surface area contributed by atoms with E-state index in [9.17, 15) is 0 Å². The molecular weight excluding hydrogens is 124 g/mol. The van der Waals surface area contributed by atoms with Gasteiger partial charge in [0.1, 0.15) is 0 Å². The second kappa shape index (κ2) is 3.62. The smallest absolute Gasteiger partial charge is 0.0282 e. The topological polar surface area (TPSA) is 24.1 Å². The van der Waals surface area contributed by atoms with Gasteiger partial charge in [0, 0.05) is 12.1 Å². The van der Waals surface area contributed by atoms with Crippen LogP contribution >= 0.6 is 0 Å². The normalized spacial score (nSPS) is 33.3. The third kappa shape index (κ3) is 2.03. The van der Waals surface area contributed by atoms with Crippen LogP contribution in [-0.4, -0.2) is 18.6 Å². The van der Waals surface area contributed by atoms with Crippen LogP contribution in [0, 0.1) is 0 Å². The molecule has 0 aromatic carbocycles. The first-order valence-corrected chi connectivity index (χ1v) is 3.93. The van der Waals surface area contributed by atoms with E-state index in [4.69, 9.17) is 0 Å². The SMILES string of the molecule is C=CNC1CCNC(C)C1. The molecule has 0 aliphatic carbocycles. The molecule has 1 fully saturated rings. The molecule has 2 atom stereocenters. The quantitative estimate of drug-likeness (QED) is 0.594. The highest BCUT2D eigenvalue weighted by Crippen LogP contribution is 2.07. The van der Waals surface area contributed by atoms with Crippen molar-refractivity contribution in [1.29, 1.82) is 0 Å². The van der Waals surface area contributed by atoms with Gasteiger partial charge >= 0.3 is 0 Å². The minimum Gasteiger partial charge on any atom is -0.389 e. The third-order valence-electron chi connectivity index (χ3n) is 1.98. The fourth-order valence-electron chi connectivity index (χ4n) is 1.45. The van der Waals surface area contributed by atoms with Crippen molar-refractivity contribution in [2.24, 2.45) is 0 Å². The van der Waals surface area contributed by atoms with Gasteiger partial charge in [-0.3, -0.25) is 0 Å². The number of piperidine rings is 1. The van der Waals surface area contributed by atoms with Gasteiger partial charge in [-0.05, 0) is 32.5 Å². The molecule has 0 aromatic rings. The first-order chi connectivity index (χ1) is 4.83.